The number of methoxy groups -OCH3 is 2. The number of amidine groups is 1. The number of thioether (sulfide) groups is 1. The Morgan fingerprint density at radius 1 is 1.29 bits per heavy atom. The molecule has 0 spiro atoms. The van der Waals surface area contributed by atoms with Crippen molar-refractivity contribution in [3.8, 4) is 11.5 Å². The molecule has 0 saturated heterocycles. The molecule has 0 aliphatic carbocycles. The summed E-state index contributed by atoms with van der Waals surface area (Å²) in [5.74, 6) is 2.23. The normalized spacial score (nSPS) is 16.3. The highest BCUT2D eigenvalue weighted by molar-refractivity contribution is 8.14. The Bertz CT molecular complexity index is 544. The van der Waals surface area contributed by atoms with Crippen molar-refractivity contribution in [1.29, 1.82) is 0 Å². The van der Waals surface area contributed by atoms with E-state index < -0.39 is 0 Å². The lowest BCUT2D eigenvalue weighted by Gasteiger charge is -2.16. The first-order valence-electron chi connectivity index (χ1n) is 7.00. The third-order valence-corrected chi connectivity index (χ3v) is 4.03. The molecule has 0 saturated carbocycles. The van der Waals surface area contributed by atoms with Crippen LogP contribution in [0.1, 0.15) is 25.3 Å². The highest BCUT2D eigenvalue weighted by atomic mass is 32.2. The minimum absolute atomic E-state index is 0.713. The average Bonchev–Trinajstić information content (AvgIpc) is 2.55. The molecule has 1 aliphatic heterocycles. The van der Waals surface area contributed by atoms with Gasteiger partial charge in [-0.3, -0.25) is 10.4 Å². The van der Waals surface area contributed by atoms with Crippen LogP contribution in [0.15, 0.2) is 28.3 Å². The monoisotopic (exact) mass is 307 g/mol. The standard InChI is InChI=1S/C15H21N3O2S/c1-4-5-8-16-15-18-17-12(10-21-15)11-6-7-13(19-2)14(9-11)20-3/h6-7,9H,4-5,8,10H2,1-3H3,(H,16,18). The van der Waals surface area contributed by atoms with Gasteiger partial charge in [0.2, 0.25) is 0 Å². The maximum Gasteiger partial charge on any atom is 0.177 e. The topological polar surface area (TPSA) is 55.2 Å². The lowest BCUT2D eigenvalue weighted by molar-refractivity contribution is 0.355. The minimum Gasteiger partial charge on any atom is -0.493 e. The Morgan fingerprint density at radius 2 is 2.10 bits per heavy atom. The first-order chi connectivity index (χ1) is 10.3. The van der Waals surface area contributed by atoms with Gasteiger partial charge in [0.25, 0.3) is 0 Å². The number of hydrazone groups is 1. The zero-order valence-electron chi connectivity index (χ0n) is 12.7. The molecule has 1 N–H and O–H groups in total. The van der Waals surface area contributed by atoms with Gasteiger partial charge in [-0.15, -0.1) is 0 Å². The van der Waals surface area contributed by atoms with Crippen molar-refractivity contribution in [2.75, 3.05) is 26.5 Å². The van der Waals surface area contributed by atoms with Crippen LogP contribution in [0.3, 0.4) is 0 Å². The van der Waals surface area contributed by atoms with Crippen LogP contribution in [0, 0.1) is 0 Å². The summed E-state index contributed by atoms with van der Waals surface area (Å²) in [6, 6.07) is 5.83. The Hall–Kier alpha value is -1.69. The van der Waals surface area contributed by atoms with Crippen LogP contribution in [0.4, 0.5) is 0 Å². The third kappa shape index (κ3) is 4.14. The van der Waals surface area contributed by atoms with Gasteiger partial charge in [-0.2, -0.15) is 5.10 Å². The molecule has 1 aromatic rings. The largest absolute Gasteiger partial charge is 0.493 e. The highest BCUT2D eigenvalue weighted by Gasteiger charge is 2.14. The van der Waals surface area contributed by atoms with E-state index in [1.807, 2.05) is 18.2 Å². The lowest BCUT2D eigenvalue weighted by Crippen LogP contribution is -2.25. The van der Waals surface area contributed by atoms with Gasteiger partial charge >= 0.3 is 0 Å². The van der Waals surface area contributed by atoms with Crippen LogP contribution in [-0.4, -0.2) is 37.4 Å². The summed E-state index contributed by atoms with van der Waals surface area (Å²) >= 11 is 1.68. The molecule has 0 fully saturated rings. The van der Waals surface area contributed by atoms with Crippen LogP contribution in [0.5, 0.6) is 11.5 Å². The molecule has 6 heteroatoms. The molecule has 21 heavy (non-hydrogen) atoms. The molecular formula is C15H21N3O2S. The predicted octanol–water partition coefficient (Wildman–Crippen LogP) is 2.90. The molecule has 1 heterocycles. The van der Waals surface area contributed by atoms with Crippen molar-refractivity contribution < 1.29 is 9.47 Å². The third-order valence-electron chi connectivity index (χ3n) is 3.12. The Labute approximate surface area is 129 Å². The van der Waals surface area contributed by atoms with Crippen molar-refractivity contribution in [1.82, 2.24) is 5.43 Å². The number of hydrogen-bond acceptors (Lipinski definition) is 5. The fourth-order valence-corrected chi connectivity index (χ4v) is 2.70. The molecule has 0 amide bonds. The molecule has 0 radical (unpaired) electrons. The van der Waals surface area contributed by atoms with E-state index in [9.17, 15) is 0 Å². The van der Waals surface area contributed by atoms with Crippen LogP contribution < -0.4 is 14.9 Å². The van der Waals surface area contributed by atoms with Crippen molar-refractivity contribution in [3.05, 3.63) is 23.8 Å². The maximum absolute atomic E-state index is 5.32. The van der Waals surface area contributed by atoms with E-state index in [2.05, 4.69) is 22.4 Å². The zero-order chi connectivity index (χ0) is 15.1. The summed E-state index contributed by atoms with van der Waals surface area (Å²) in [6.45, 7) is 3.02. The van der Waals surface area contributed by atoms with Crippen LogP contribution in [0.25, 0.3) is 0 Å². The first kappa shape index (κ1) is 15.7. The maximum atomic E-state index is 5.32. The Balaban J connectivity index is 2.08. The molecule has 0 bridgehead atoms. The van der Waals surface area contributed by atoms with Crippen LogP contribution in [0.2, 0.25) is 0 Å². The van der Waals surface area contributed by atoms with Gasteiger partial charge in [0, 0.05) is 17.9 Å². The fourth-order valence-electron chi connectivity index (χ4n) is 1.90. The summed E-state index contributed by atoms with van der Waals surface area (Å²) in [5, 5.41) is 5.31. The molecule has 1 aromatic carbocycles. The molecule has 2 rings (SSSR count). The fraction of sp³-hybridized carbons (Fsp3) is 0.467. The van der Waals surface area contributed by atoms with Gasteiger partial charge in [-0.05, 0) is 24.6 Å². The van der Waals surface area contributed by atoms with Crippen molar-refractivity contribution in [2.45, 2.75) is 19.8 Å². The highest BCUT2D eigenvalue weighted by Crippen LogP contribution is 2.28. The smallest absolute Gasteiger partial charge is 0.177 e. The van der Waals surface area contributed by atoms with Gasteiger partial charge in [-0.1, -0.05) is 25.1 Å². The summed E-state index contributed by atoms with van der Waals surface area (Å²) in [4.78, 5) is 4.48. The molecule has 114 valence electrons. The van der Waals surface area contributed by atoms with Gasteiger partial charge in [0.1, 0.15) is 0 Å². The average molecular weight is 307 g/mol. The van der Waals surface area contributed by atoms with Gasteiger partial charge in [0.05, 0.1) is 19.9 Å². The number of unbranched alkanes of at least 4 members (excludes halogenated alkanes) is 1. The van der Waals surface area contributed by atoms with E-state index >= 15 is 0 Å². The minimum atomic E-state index is 0.713. The van der Waals surface area contributed by atoms with E-state index in [0.29, 0.717) is 5.75 Å². The van der Waals surface area contributed by atoms with Gasteiger partial charge in [0.15, 0.2) is 16.7 Å². The van der Waals surface area contributed by atoms with E-state index in [-0.39, 0.29) is 0 Å². The van der Waals surface area contributed by atoms with Gasteiger partial charge in [-0.25, -0.2) is 0 Å². The second-order valence-electron chi connectivity index (χ2n) is 4.57. The number of aliphatic imine (C=N–C) groups is 1. The number of hydrogen-bond donors (Lipinski definition) is 1. The number of nitrogens with zero attached hydrogens (tertiary/aromatic N) is 2. The SMILES string of the molecule is CCCCN=C1NN=C(c2ccc(OC)c(OC)c2)CS1. The second-order valence-corrected chi connectivity index (χ2v) is 5.53. The molecule has 0 aromatic heterocycles. The number of benzene rings is 1. The summed E-state index contributed by atoms with van der Waals surface area (Å²) in [5.41, 5.74) is 5.03. The van der Waals surface area contributed by atoms with E-state index in [1.165, 1.54) is 0 Å². The van der Waals surface area contributed by atoms with Crippen LogP contribution >= 0.6 is 11.8 Å². The second kappa shape index (κ2) is 7.93. The van der Waals surface area contributed by atoms with Crippen LogP contribution in [-0.2, 0) is 0 Å². The number of ether oxygens (including phenoxy) is 2. The van der Waals surface area contributed by atoms with Crippen molar-refractivity contribution in [3.63, 3.8) is 0 Å². The summed E-state index contributed by atoms with van der Waals surface area (Å²) in [6.07, 6.45) is 2.26. The lowest BCUT2D eigenvalue weighted by atomic mass is 10.1. The number of nitrogens with one attached hydrogen (secondary N) is 1. The summed E-state index contributed by atoms with van der Waals surface area (Å²) in [7, 11) is 3.27. The van der Waals surface area contributed by atoms with Crippen molar-refractivity contribution in [2.24, 2.45) is 10.1 Å². The Kier molecular flexibility index (Phi) is 5.92. The zero-order valence-corrected chi connectivity index (χ0v) is 13.5. The molecule has 5 nitrogen and oxygen atoms in total. The molecule has 0 unspecified atom stereocenters. The quantitative estimate of drug-likeness (QED) is 0.821. The predicted molar refractivity (Wildman–Crippen MR) is 88.9 cm³/mol. The van der Waals surface area contributed by atoms with E-state index in [4.69, 9.17) is 9.47 Å². The molecule has 0 atom stereocenters. The number of rotatable bonds is 6. The van der Waals surface area contributed by atoms with Crippen molar-refractivity contribution >= 4 is 22.6 Å². The first-order valence-corrected chi connectivity index (χ1v) is 7.99. The summed E-state index contributed by atoms with van der Waals surface area (Å²) < 4.78 is 10.6. The Morgan fingerprint density at radius 3 is 2.71 bits per heavy atom. The van der Waals surface area contributed by atoms with Gasteiger partial charge < -0.3 is 9.47 Å². The molecule has 1 aliphatic rings. The van der Waals surface area contributed by atoms with E-state index in [0.717, 1.165) is 47.3 Å². The molecular weight excluding hydrogens is 286 g/mol. The van der Waals surface area contributed by atoms with E-state index in [1.54, 1.807) is 26.0 Å².